The van der Waals surface area contributed by atoms with Crippen LogP contribution in [-0.2, 0) is 17.8 Å². The monoisotopic (exact) mass is 525 g/mol. The second-order valence-electron chi connectivity index (χ2n) is 8.67. The highest BCUT2D eigenvalue weighted by atomic mass is 32.1. The van der Waals surface area contributed by atoms with Gasteiger partial charge in [-0.25, -0.2) is 9.78 Å². The summed E-state index contributed by atoms with van der Waals surface area (Å²) in [5, 5.41) is 15.7. The van der Waals surface area contributed by atoms with Gasteiger partial charge in [-0.3, -0.25) is 10.1 Å². The number of ether oxygens (including phenoxy) is 2. The van der Waals surface area contributed by atoms with Gasteiger partial charge in [0, 0.05) is 31.7 Å². The summed E-state index contributed by atoms with van der Waals surface area (Å²) in [5.41, 5.74) is 2.42. The quantitative estimate of drug-likeness (QED) is 0.398. The Labute approximate surface area is 217 Å². The van der Waals surface area contributed by atoms with E-state index < -0.39 is 5.97 Å². The lowest BCUT2D eigenvalue weighted by atomic mass is 10.2. The van der Waals surface area contributed by atoms with Gasteiger partial charge in [-0.2, -0.15) is 9.97 Å². The van der Waals surface area contributed by atoms with Crippen LogP contribution in [0.25, 0.3) is 0 Å². The summed E-state index contributed by atoms with van der Waals surface area (Å²) < 4.78 is 10.8. The molecule has 2 aromatic heterocycles. The molecule has 1 fully saturated rings. The van der Waals surface area contributed by atoms with Crippen LogP contribution in [0, 0.1) is 6.92 Å². The number of nitrogens with one attached hydrogen (secondary N) is 2. The number of carbonyl (C=O) groups excluding carboxylic acids is 1. The molecule has 0 radical (unpaired) electrons. The number of fused-ring (bicyclic) bond motifs is 1. The second-order valence-corrected chi connectivity index (χ2v) is 9.67. The van der Waals surface area contributed by atoms with E-state index in [1.54, 1.807) is 21.1 Å². The molecule has 1 saturated heterocycles. The first-order valence-corrected chi connectivity index (χ1v) is 12.5. The molecule has 0 spiro atoms. The van der Waals surface area contributed by atoms with Gasteiger partial charge in [0.15, 0.2) is 16.6 Å². The van der Waals surface area contributed by atoms with Crippen molar-refractivity contribution in [3.05, 3.63) is 39.9 Å². The summed E-state index contributed by atoms with van der Waals surface area (Å²) in [6.07, 6.45) is 0.732. The normalized spacial score (nSPS) is 14.8. The van der Waals surface area contributed by atoms with Crippen molar-refractivity contribution in [1.29, 1.82) is 0 Å². The largest absolute Gasteiger partial charge is 0.493 e. The lowest BCUT2D eigenvalue weighted by molar-refractivity contribution is -0.120. The molecule has 194 valence electrons. The van der Waals surface area contributed by atoms with Crippen LogP contribution in [0.2, 0.25) is 0 Å². The van der Waals surface area contributed by atoms with E-state index in [2.05, 4.69) is 20.5 Å². The molecule has 3 aromatic rings. The van der Waals surface area contributed by atoms with E-state index in [9.17, 15) is 14.7 Å². The number of piperazine rings is 1. The van der Waals surface area contributed by atoms with Crippen LogP contribution in [-0.4, -0.2) is 72.3 Å². The molecular weight excluding hydrogens is 498 g/mol. The SMILES string of the molecule is COc1ccc(CN2CCc3c(N4CCNC(=O)C4)nc(Nc4nc(C)c(C(=O)O)s4)nc32)cc1OC. The average molecular weight is 526 g/mol. The maximum atomic E-state index is 12.1. The molecule has 0 bridgehead atoms. The van der Waals surface area contributed by atoms with E-state index in [4.69, 9.17) is 19.4 Å². The van der Waals surface area contributed by atoms with Crippen LogP contribution in [0.15, 0.2) is 18.2 Å². The van der Waals surface area contributed by atoms with Crippen LogP contribution in [0.3, 0.4) is 0 Å². The van der Waals surface area contributed by atoms with Crippen molar-refractivity contribution in [2.75, 3.05) is 55.5 Å². The number of amides is 1. The number of rotatable bonds is 8. The van der Waals surface area contributed by atoms with Crippen LogP contribution in [0.5, 0.6) is 11.5 Å². The molecule has 1 amide bonds. The first-order valence-electron chi connectivity index (χ1n) is 11.7. The van der Waals surface area contributed by atoms with Crippen molar-refractivity contribution in [1.82, 2.24) is 20.3 Å². The summed E-state index contributed by atoms with van der Waals surface area (Å²) in [4.78, 5) is 41.8. The number of hydrogen-bond acceptors (Lipinski definition) is 11. The molecule has 2 aliphatic heterocycles. The third kappa shape index (κ3) is 4.94. The smallest absolute Gasteiger partial charge is 0.347 e. The Morgan fingerprint density at radius 3 is 2.65 bits per heavy atom. The number of carboxylic acids is 1. The number of aromatic nitrogens is 3. The van der Waals surface area contributed by atoms with Gasteiger partial charge in [-0.15, -0.1) is 0 Å². The fourth-order valence-electron chi connectivity index (χ4n) is 4.53. The van der Waals surface area contributed by atoms with E-state index in [-0.39, 0.29) is 17.3 Å². The molecule has 13 heteroatoms. The zero-order valence-electron chi connectivity index (χ0n) is 20.7. The van der Waals surface area contributed by atoms with E-state index >= 15 is 0 Å². The zero-order chi connectivity index (χ0) is 26.1. The molecule has 37 heavy (non-hydrogen) atoms. The van der Waals surface area contributed by atoms with Crippen molar-refractivity contribution in [3.63, 3.8) is 0 Å². The molecule has 0 saturated carbocycles. The number of aromatic carboxylic acids is 1. The van der Waals surface area contributed by atoms with Crippen molar-refractivity contribution < 1.29 is 24.2 Å². The summed E-state index contributed by atoms with van der Waals surface area (Å²) >= 11 is 1.03. The fraction of sp³-hybridized carbons (Fsp3) is 0.375. The summed E-state index contributed by atoms with van der Waals surface area (Å²) in [7, 11) is 3.21. The Morgan fingerprint density at radius 1 is 1.16 bits per heavy atom. The molecule has 0 unspecified atom stereocenters. The van der Waals surface area contributed by atoms with Gasteiger partial charge in [-0.05, 0) is 31.0 Å². The molecule has 3 N–H and O–H groups in total. The van der Waals surface area contributed by atoms with E-state index in [0.29, 0.717) is 53.7 Å². The number of aryl methyl sites for hydroxylation is 1. The van der Waals surface area contributed by atoms with E-state index in [0.717, 1.165) is 41.2 Å². The van der Waals surface area contributed by atoms with Crippen molar-refractivity contribution in [2.45, 2.75) is 19.9 Å². The van der Waals surface area contributed by atoms with Gasteiger partial charge < -0.3 is 29.7 Å². The number of carbonyl (C=O) groups is 2. The Morgan fingerprint density at radius 2 is 1.95 bits per heavy atom. The third-order valence-electron chi connectivity index (χ3n) is 6.26. The summed E-state index contributed by atoms with van der Waals surface area (Å²) in [6.45, 7) is 4.33. The number of hydrogen-bond donors (Lipinski definition) is 3. The molecule has 2 aliphatic rings. The van der Waals surface area contributed by atoms with Crippen molar-refractivity contribution in [3.8, 4) is 11.5 Å². The first-order chi connectivity index (χ1) is 17.9. The molecule has 0 aliphatic carbocycles. The number of methoxy groups -OCH3 is 2. The highest BCUT2D eigenvalue weighted by Crippen LogP contribution is 2.37. The van der Waals surface area contributed by atoms with Crippen molar-refractivity contribution >= 4 is 45.9 Å². The molecule has 12 nitrogen and oxygen atoms in total. The topological polar surface area (TPSA) is 142 Å². The van der Waals surface area contributed by atoms with E-state index in [1.807, 2.05) is 23.1 Å². The third-order valence-corrected chi connectivity index (χ3v) is 7.32. The average Bonchev–Trinajstić information content (AvgIpc) is 3.46. The van der Waals surface area contributed by atoms with Gasteiger partial charge in [0.2, 0.25) is 11.9 Å². The minimum absolute atomic E-state index is 0.0602. The van der Waals surface area contributed by atoms with Gasteiger partial charge in [0.1, 0.15) is 16.5 Å². The number of thiazole rings is 1. The summed E-state index contributed by atoms with van der Waals surface area (Å²) in [5.74, 6) is 1.98. The predicted octanol–water partition coefficient (Wildman–Crippen LogP) is 2.20. The van der Waals surface area contributed by atoms with Crippen LogP contribution >= 0.6 is 11.3 Å². The minimum Gasteiger partial charge on any atom is -0.493 e. The Balaban J connectivity index is 1.50. The number of carboxylic acid groups (broad SMARTS) is 1. The van der Waals surface area contributed by atoms with E-state index in [1.165, 1.54) is 0 Å². The molecule has 5 rings (SSSR count). The zero-order valence-corrected chi connectivity index (χ0v) is 21.5. The van der Waals surface area contributed by atoms with Crippen LogP contribution < -0.4 is 29.9 Å². The Hall–Kier alpha value is -4.13. The fourth-order valence-corrected chi connectivity index (χ4v) is 5.33. The maximum absolute atomic E-state index is 12.1. The lowest BCUT2D eigenvalue weighted by Gasteiger charge is -2.29. The number of anilines is 4. The maximum Gasteiger partial charge on any atom is 0.347 e. The number of nitrogens with zero attached hydrogens (tertiary/aromatic N) is 5. The molecular formula is C24H27N7O5S. The molecule has 0 atom stereocenters. The van der Waals surface area contributed by atoms with Crippen LogP contribution in [0.1, 0.15) is 26.5 Å². The lowest BCUT2D eigenvalue weighted by Crippen LogP contribution is -2.48. The highest BCUT2D eigenvalue weighted by Gasteiger charge is 2.30. The van der Waals surface area contributed by atoms with Gasteiger partial charge in [0.05, 0.1) is 26.5 Å². The van der Waals surface area contributed by atoms with Gasteiger partial charge >= 0.3 is 5.97 Å². The van der Waals surface area contributed by atoms with Gasteiger partial charge in [-0.1, -0.05) is 17.4 Å². The van der Waals surface area contributed by atoms with Gasteiger partial charge in [0.25, 0.3) is 0 Å². The standard InChI is InChI=1S/C24H27N7O5S/c1-13-19(22(33)34)37-24(26-13)29-23-27-20-15(21(28-23)31-9-7-25-18(32)12-31)6-8-30(20)11-14-4-5-16(35-2)17(10-14)36-3/h4-5,10H,6-9,11-12H2,1-3H3,(H,25,32)(H,33,34)(H,26,27,28,29). The molecule has 4 heterocycles. The minimum atomic E-state index is -1.03. The molecule has 1 aromatic carbocycles. The number of benzene rings is 1. The Kier molecular flexibility index (Phi) is 6.70. The Bertz CT molecular complexity index is 1360. The first kappa shape index (κ1) is 24.6. The predicted molar refractivity (Wildman–Crippen MR) is 139 cm³/mol. The summed E-state index contributed by atoms with van der Waals surface area (Å²) in [6, 6.07) is 5.81. The van der Waals surface area contributed by atoms with Crippen LogP contribution in [0.4, 0.5) is 22.7 Å². The second kappa shape index (κ2) is 10.1. The highest BCUT2D eigenvalue weighted by molar-refractivity contribution is 7.17. The van der Waals surface area contributed by atoms with Crippen molar-refractivity contribution in [2.24, 2.45) is 0 Å².